The van der Waals surface area contributed by atoms with E-state index in [4.69, 9.17) is 9.90 Å². The van der Waals surface area contributed by atoms with Gasteiger partial charge in [0.1, 0.15) is 17.5 Å². The van der Waals surface area contributed by atoms with Crippen molar-refractivity contribution in [1.82, 2.24) is 24.6 Å². The van der Waals surface area contributed by atoms with Crippen LogP contribution < -0.4 is 10.6 Å². The van der Waals surface area contributed by atoms with Crippen molar-refractivity contribution in [1.29, 1.82) is 0 Å². The van der Waals surface area contributed by atoms with Crippen LogP contribution in [0.15, 0.2) is 61.1 Å². The van der Waals surface area contributed by atoms with Crippen LogP contribution in [0, 0.1) is 6.92 Å². The molecular formula is C21H18F3N7O3. The van der Waals surface area contributed by atoms with Crippen molar-refractivity contribution in [2.24, 2.45) is 0 Å². The molecule has 1 amide bonds. The first-order valence-electron chi connectivity index (χ1n) is 9.66. The highest BCUT2D eigenvalue weighted by molar-refractivity contribution is 6.04. The molecule has 0 spiro atoms. The molecule has 10 nitrogen and oxygen atoms in total. The van der Waals surface area contributed by atoms with E-state index < -0.39 is 12.1 Å². The smallest absolute Gasteiger partial charge is 0.475 e. The molecule has 176 valence electrons. The summed E-state index contributed by atoms with van der Waals surface area (Å²) in [5, 5.41) is 17.4. The lowest BCUT2D eigenvalue weighted by atomic mass is 10.1. The van der Waals surface area contributed by atoms with E-state index in [1.807, 2.05) is 31.2 Å². The number of aryl methyl sites for hydroxylation is 1. The number of halogens is 3. The van der Waals surface area contributed by atoms with Crippen molar-refractivity contribution < 1.29 is 27.9 Å². The second kappa shape index (κ2) is 10.4. The third-order valence-corrected chi connectivity index (χ3v) is 4.21. The van der Waals surface area contributed by atoms with Gasteiger partial charge in [-0.3, -0.25) is 4.79 Å². The van der Waals surface area contributed by atoms with E-state index in [0.29, 0.717) is 29.4 Å². The molecular weight excluding hydrogens is 455 g/mol. The van der Waals surface area contributed by atoms with Crippen LogP contribution in [0.1, 0.15) is 21.7 Å². The number of carbonyl (C=O) groups is 2. The van der Waals surface area contributed by atoms with E-state index in [1.54, 1.807) is 41.3 Å². The fourth-order valence-electron chi connectivity index (χ4n) is 2.69. The minimum Gasteiger partial charge on any atom is -0.475 e. The third kappa shape index (κ3) is 6.48. The van der Waals surface area contributed by atoms with Crippen molar-refractivity contribution >= 4 is 29.2 Å². The Morgan fingerprint density at radius 2 is 1.79 bits per heavy atom. The lowest BCUT2D eigenvalue weighted by Gasteiger charge is -2.09. The van der Waals surface area contributed by atoms with Gasteiger partial charge in [0, 0.05) is 30.6 Å². The topological polar surface area (TPSA) is 134 Å². The number of aromatic nitrogens is 5. The van der Waals surface area contributed by atoms with Gasteiger partial charge in [0.05, 0.1) is 6.20 Å². The van der Waals surface area contributed by atoms with Crippen LogP contribution in [-0.4, -0.2) is 47.7 Å². The highest BCUT2D eigenvalue weighted by Crippen LogP contribution is 2.14. The summed E-state index contributed by atoms with van der Waals surface area (Å²) >= 11 is 0. The third-order valence-electron chi connectivity index (χ3n) is 4.21. The first kappa shape index (κ1) is 24.1. The number of carboxylic acid groups (broad SMARTS) is 1. The van der Waals surface area contributed by atoms with Gasteiger partial charge in [-0.15, -0.1) is 0 Å². The molecule has 0 saturated heterocycles. The Kier molecular flexibility index (Phi) is 7.36. The van der Waals surface area contributed by atoms with E-state index in [2.05, 4.69) is 30.7 Å². The first-order chi connectivity index (χ1) is 16.1. The van der Waals surface area contributed by atoms with Crippen molar-refractivity contribution in [3.05, 3.63) is 78.0 Å². The van der Waals surface area contributed by atoms with Crippen LogP contribution in [0.25, 0.3) is 5.65 Å². The zero-order chi connectivity index (χ0) is 24.7. The summed E-state index contributed by atoms with van der Waals surface area (Å²) < 4.78 is 33.3. The summed E-state index contributed by atoms with van der Waals surface area (Å²) in [6, 6.07) is 12.7. The number of anilines is 2. The van der Waals surface area contributed by atoms with E-state index in [1.165, 1.54) is 0 Å². The average Bonchev–Trinajstić information content (AvgIpc) is 3.28. The average molecular weight is 473 g/mol. The van der Waals surface area contributed by atoms with Crippen molar-refractivity contribution in [3.63, 3.8) is 0 Å². The number of amides is 1. The molecule has 0 radical (unpaired) electrons. The van der Waals surface area contributed by atoms with Crippen molar-refractivity contribution in [3.8, 4) is 0 Å². The van der Waals surface area contributed by atoms with E-state index >= 15 is 0 Å². The monoisotopic (exact) mass is 473 g/mol. The standard InChI is InChI=1S/C19H17N7O.C2HF3O2/c1-13-20-8-5-16(24-13)22-12-14-3-2-4-15(11-14)19(27)25-18-6-9-21-17-7-10-23-26(17)18;3-2(4,5)1(6)7/h2-11H,12H2,1H3,(H,25,27)(H,20,22,24);(H,6,7). The number of aliphatic carboxylic acids is 1. The maximum atomic E-state index is 12.6. The van der Waals surface area contributed by atoms with Crippen LogP contribution in [0.5, 0.6) is 0 Å². The molecule has 3 N–H and O–H groups in total. The number of carboxylic acids is 1. The summed E-state index contributed by atoms with van der Waals surface area (Å²) in [7, 11) is 0. The molecule has 0 aliphatic rings. The SMILES string of the molecule is Cc1nccc(NCc2cccc(C(=O)Nc3ccnc4ccnn34)c2)n1.O=C(O)C(F)(F)F. The molecule has 13 heteroatoms. The quantitative estimate of drug-likeness (QED) is 0.402. The van der Waals surface area contributed by atoms with E-state index in [-0.39, 0.29) is 5.91 Å². The summed E-state index contributed by atoms with van der Waals surface area (Å²) in [4.78, 5) is 34.1. The van der Waals surface area contributed by atoms with Gasteiger partial charge in [-0.2, -0.15) is 22.8 Å². The van der Waals surface area contributed by atoms with Crippen LogP contribution in [-0.2, 0) is 11.3 Å². The maximum Gasteiger partial charge on any atom is 0.490 e. The van der Waals surface area contributed by atoms with Gasteiger partial charge in [-0.25, -0.2) is 19.7 Å². The van der Waals surface area contributed by atoms with Crippen LogP contribution in [0.2, 0.25) is 0 Å². The lowest BCUT2D eigenvalue weighted by Crippen LogP contribution is -2.21. The second-order valence-corrected chi connectivity index (χ2v) is 6.73. The number of benzene rings is 1. The van der Waals surface area contributed by atoms with Crippen LogP contribution in [0.3, 0.4) is 0 Å². The Balaban J connectivity index is 0.000000406. The first-order valence-corrected chi connectivity index (χ1v) is 9.66. The fourth-order valence-corrected chi connectivity index (χ4v) is 2.69. The maximum absolute atomic E-state index is 12.6. The minimum absolute atomic E-state index is 0.210. The van der Waals surface area contributed by atoms with Crippen LogP contribution in [0.4, 0.5) is 24.8 Å². The number of hydrogen-bond donors (Lipinski definition) is 3. The summed E-state index contributed by atoms with van der Waals surface area (Å²) in [5.41, 5.74) is 2.20. The molecule has 4 aromatic rings. The van der Waals surface area contributed by atoms with Gasteiger partial charge in [0.2, 0.25) is 0 Å². The largest absolute Gasteiger partial charge is 0.490 e. The number of hydrogen-bond acceptors (Lipinski definition) is 7. The summed E-state index contributed by atoms with van der Waals surface area (Å²) in [5.74, 6) is -0.953. The zero-order valence-corrected chi connectivity index (χ0v) is 17.6. The number of alkyl halides is 3. The molecule has 34 heavy (non-hydrogen) atoms. The highest BCUT2D eigenvalue weighted by Gasteiger charge is 2.38. The molecule has 4 rings (SSSR count). The van der Waals surface area contributed by atoms with Crippen molar-refractivity contribution in [2.75, 3.05) is 10.6 Å². The predicted molar refractivity (Wildman–Crippen MR) is 115 cm³/mol. The Morgan fingerprint density at radius 1 is 1.06 bits per heavy atom. The second-order valence-electron chi connectivity index (χ2n) is 6.73. The number of nitrogens with zero attached hydrogens (tertiary/aromatic N) is 5. The molecule has 3 heterocycles. The number of rotatable bonds is 5. The molecule has 0 fully saturated rings. The number of fused-ring (bicyclic) bond motifs is 1. The molecule has 0 aliphatic carbocycles. The Hall–Kier alpha value is -4.55. The molecule has 1 aromatic carbocycles. The van der Waals surface area contributed by atoms with Crippen molar-refractivity contribution in [2.45, 2.75) is 19.6 Å². The normalized spacial score (nSPS) is 10.8. The Morgan fingerprint density at radius 3 is 2.50 bits per heavy atom. The Bertz CT molecular complexity index is 1310. The molecule has 0 aliphatic heterocycles. The predicted octanol–water partition coefficient (Wildman–Crippen LogP) is 3.33. The lowest BCUT2D eigenvalue weighted by molar-refractivity contribution is -0.192. The Labute approximate surface area is 190 Å². The fraction of sp³-hybridized carbons (Fsp3) is 0.143. The molecule has 0 atom stereocenters. The van der Waals surface area contributed by atoms with Gasteiger partial charge < -0.3 is 15.7 Å². The molecule has 0 bridgehead atoms. The molecule has 0 unspecified atom stereocenters. The van der Waals surface area contributed by atoms with Gasteiger partial charge in [-0.1, -0.05) is 12.1 Å². The summed E-state index contributed by atoms with van der Waals surface area (Å²) in [6.07, 6.45) is -0.102. The minimum atomic E-state index is -5.08. The number of nitrogens with one attached hydrogen (secondary N) is 2. The summed E-state index contributed by atoms with van der Waals surface area (Å²) in [6.45, 7) is 2.39. The van der Waals surface area contributed by atoms with E-state index in [9.17, 15) is 18.0 Å². The molecule has 0 saturated carbocycles. The van der Waals surface area contributed by atoms with Gasteiger partial charge in [0.25, 0.3) is 5.91 Å². The van der Waals surface area contributed by atoms with Gasteiger partial charge >= 0.3 is 12.1 Å². The van der Waals surface area contributed by atoms with Gasteiger partial charge in [-0.05, 0) is 36.8 Å². The molecule has 3 aromatic heterocycles. The van der Waals surface area contributed by atoms with Gasteiger partial charge in [0.15, 0.2) is 5.65 Å². The van der Waals surface area contributed by atoms with E-state index in [0.717, 1.165) is 11.4 Å². The number of carbonyl (C=O) groups excluding carboxylic acids is 1. The van der Waals surface area contributed by atoms with Crippen LogP contribution >= 0.6 is 0 Å². The highest BCUT2D eigenvalue weighted by atomic mass is 19.4. The zero-order valence-electron chi connectivity index (χ0n) is 17.6.